The SMILES string of the molecule is Cc1sc(Br)cc1C(=O)c1cc(Br)ccc1Cl. The monoisotopic (exact) mass is 392 g/mol. The molecule has 0 aliphatic rings. The van der Waals surface area contributed by atoms with Crippen molar-refractivity contribution in [2.75, 3.05) is 0 Å². The van der Waals surface area contributed by atoms with Crippen molar-refractivity contribution in [1.29, 1.82) is 0 Å². The molecule has 88 valence electrons. The summed E-state index contributed by atoms with van der Waals surface area (Å²) in [7, 11) is 0. The van der Waals surface area contributed by atoms with Crippen LogP contribution in [0.2, 0.25) is 5.02 Å². The summed E-state index contributed by atoms with van der Waals surface area (Å²) in [4.78, 5) is 13.3. The van der Waals surface area contributed by atoms with Gasteiger partial charge in [0.25, 0.3) is 0 Å². The van der Waals surface area contributed by atoms with Gasteiger partial charge in [0.15, 0.2) is 5.78 Å². The Bertz CT molecular complexity index is 592. The molecule has 5 heteroatoms. The number of carbonyl (C=O) groups excluding carboxylic acids is 1. The minimum absolute atomic E-state index is 0.0456. The molecular weight excluding hydrogens is 387 g/mol. The molecule has 2 aromatic rings. The van der Waals surface area contributed by atoms with Gasteiger partial charge in [-0.05, 0) is 47.1 Å². The molecule has 0 spiro atoms. The zero-order valence-corrected chi connectivity index (χ0v) is 13.5. The van der Waals surface area contributed by atoms with Gasteiger partial charge in [0.1, 0.15) is 0 Å². The third kappa shape index (κ3) is 2.81. The molecule has 1 heterocycles. The van der Waals surface area contributed by atoms with Crippen LogP contribution >= 0.6 is 54.8 Å². The van der Waals surface area contributed by atoms with Gasteiger partial charge in [-0.2, -0.15) is 0 Å². The standard InChI is InChI=1S/C12H7Br2ClOS/c1-6-8(5-11(14)17-6)12(16)9-4-7(13)2-3-10(9)15/h2-5H,1H3. The van der Waals surface area contributed by atoms with Crippen LogP contribution in [0.3, 0.4) is 0 Å². The molecular formula is C12H7Br2ClOS. The van der Waals surface area contributed by atoms with Crippen LogP contribution < -0.4 is 0 Å². The first-order chi connectivity index (χ1) is 7.99. The van der Waals surface area contributed by atoms with Crippen LogP contribution in [0.25, 0.3) is 0 Å². The highest BCUT2D eigenvalue weighted by Gasteiger charge is 2.17. The number of thiophene rings is 1. The average molecular weight is 395 g/mol. The molecule has 0 aliphatic carbocycles. The number of hydrogen-bond donors (Lipinski definition) is 0. The fourth-order valence-electron chi connectivity index (χ4n) is 1.49. The topological polar surface area (TPSA) is 17.1 Å². The van der Waals surface area contributed by atoms with E-state index in [-0.39, 0.29) is 5.78 Å². The van der Waals surface area contributed by atoms with E-state index in [1.807, 2.05) is 19.1 Å². The molecule has 0 amide bonds. The first-order valence-corrected chi connectivity index (χ1v) is 7.53. The molecule has 0 fully saturated rings. The Balaban J connectivity index is 2.50. The van der Waals surface area contributed by atoms with E-state index in [0.717, 1.165) is 13.1 Å². The summed E-state index contributed by atoms with van der Waals surface area (Å²) in [5.74, 6) is -0.0456. The lowest BCUT2D eigenvalue weighted by Crippen LogP contribution is -2.02. The van der Waals surface area contributed by atoms with E-state index < -0.39 is 0 Å². The van der Waals surface area contributed by atoms with Crippen LogP contribution in [0.5, 0.6) is 0 Å². The summed E-state index contributed by atoms with van der Waals surface area (Å²) in [6, 6.07) is 7.11. The molecule has 0 saturated carbocycles. The second-order valence-corrected chi connectivity index (χ2v) is 7.43. The molecule has 17 heavy (non-hydrogen) atoms. The molecule has 1 nitrogen and oxygen atoms in total. The molecule has 0 saturated heterocycles. The van der Waals surface area contributed by atoms with Gasteiger partial charge in [0.05, 0.1) is 8.81 Å². The maximum Gasteiger partial charge on any atom is 0.195 e. The molecule has 2 rings (SSSR count). The van der Waals surface area contributed by atoms with Gasteiger partial charge in [-0.25, -0.2) is 0 Å². The highest BCUT2D eigenvalue weighted by molar-refractivity contribution is 9.11. The summed E-state index contributed by atoms with van der Waals surface area (Å²) in [6.45, 7) is 1.93. The van der Waals surface area contributed by atoms with Crippen LogP contribution in [0, 0.1) is 6.92 Å². The molecule has 1 aromatic heterocycles. The van der Waals surface area contributed by atoms with Crippen LogP contribution in [0.1, 0.15) is 20.8 Å². The zero-order chi connectivity index (χ0) is 12.6. The normalized spacial score (nSPS) is 10.6. The first-order valence-electron chi connectivity index (χ1n) is 4.74. The Morgan fingerprint density at radius 3 is 2.53 bits per heavy atom. The van der Waals surface area contributed by atoms with Crippen molar-refractivity contribution < 1.29 is 4.79 Å². The maximum atomic E-state index is 12.3. The van der Waals surface area contributed by atoms with Gasteiger partial charge in [-0.3, -0.25) is 4.79 Å². The van der Waals surface area contributed by atoms with Gasteiger partial charge in [-0.1, -0.05) is 27.5 Å². The number of benzene rings is 1. The third-order valence-electron chi connectivity index (χ3n) is 2.31. The summed E-state index contributed by atoms with van der Waals surface area (Å²) < 4.78 is 1.79. The molecule has 0 unspecified atom stereocenters. The van der Waals surface area contributed by atoms with Crippen LogP contribution in [-0.4, -0.2) is 5.78 Å². The number of rotatable bonds is 2. The van der Waals surface area contributed by atoms with Crippen molar-refractivity contribution in [1.82, 2.24) is 0 Å². The van der Waals surface area contributed by atoms with Crippen molar-refractivity contribution in [3.05, 3.63) is 53.6 Å². The van der Waals surface area contributed by atoms with Crippen molar-refractivity contribution in [3.8, 4) is 0 Å². The number of halogens is 3. The number of aryl methyl sites for hydroxylation is 1. The maximum absolute atomic E-state index is 12.3. The van der Waals surface area contributed by atoms with Gasteiger partial charge in [0.2, 0.25) is 0 Å². The van der Waals surface area contributed by atoms with Gasteiger partial charge in [-0.15, -0.1) is 11.3 Å². The predicted molar refractivity (Wildman–Crippen MR) is 79.3 cm³/mol. The summed E-state index contributed by atoms with van der Waals surface area (Å²) in [6.07, 6.45) is 0. The van der Waals surface area contributed by atoms with E-state index >= 15 is 0 Å². The fraction of sp³-hybridized carbons (Fsp3) is 0.0833. The average Bonchev–Trinajstić information content (AvgIpc) is 2.60. The number of ketones is 1. The third-order valence-corrected chi connectivity index (χ3v) is 4.68. The van der Waals surface area contributed by atoms with E-state index in [2.05, 4.69) is 31.9 Å². The van der Waals surface area contributed by atoms with Gasteiger partial charge in [0, 0.05) is 20.5 Å². The van der Waals surface area contributed by atoms with E-state index in [4.69, 9.17) is 11.6 Å². The predicted octanol–water partition coefficient (Wildman–Crippen LogP) is 5.47. The Hall–Kier alpha value is -0.160. The lowest BCUT2D eigenvalue weighted by molar-refractivity contribution is 0.103. The highest BCUT2D eigenvalue weighted by Crippen LogP contribution is 2.30. The summed E-state index contributed by atoms with van der Waals surface area (Å²) in [5, 5.41) is 0.472. The number of hydrogen-bond acceptors (Lipinski definition) is 2. The van der Waals surface area contributed by atoms with E-state index in [0.29, 0.717) is 16.1 Å². The fourth-order valence-corrected chi connectivity index (χ4v) is 3.74. The molecule has 0 aliphatic heterocycles. The van der Waals surface area contributed by atoms with Crippen molar-refractivity contribution >= 4 is 60.6 Å². The lowest BCUT2D eigenvalue weighted by atomic mass is 10.0. The van der Waals surface area contributed by atoms with Crippen molar-refractivity contribution in [2.24, 2.45) is 0 Å². The molecule has 1 aromatic carbocycles. The zero-order valence-electron chi connectivity index (χ0n) is 8.76. The van der Waals surface area contributed by atoms with Crippen molar-refractivity contribution in [3.63, 3.8) is 0 Å². The Morgan fingerprint density at radius 1 is 1.24 bits per heavy atom. The quantitative estimate of drug-likeness (QED) is 0.618. The van der Waals surface area contributed by atoms with Gasteiger partial charge >= 0.3 is 0 Å². The smallest absolute Gasteiger partial charge is 0.195 e. The number of carbonyl (C=O) groups is 1. The van der Waals surface area contributed by atoms with Crippen LogP contribution in [0.4, 0.5) is 0 Å². The summed E-state index contributed by atoms with van der Waals surface area (Å²) >= 11 is 14.3. The second kappa shape index (κ2) is 5.22. The molecule has 0 N–H and O–H groups in total. The second-order valence-electron chi connectivity index (χ2n) is 3.47. The highest BCUT2D eigenvalue weighted by atomic mass is 79.9. The van der Waals surface area contributed by atoms with E-state index in [1.165, 1.54) is 0 Å². The molecule has 0 atom stereocenters. The largest absolute Gasteiger partial charge is 0.289 e. The Kier molecular flexibility index (Phi) is 4.08. The lowest BCUT2D eigenvalue weighted by Gasteiger charge is -2.03. The minimum Gasteiger partial charge on any atom is -0.289 e. The van der Waals surface area contributed by atoms with Crippen molar-refractivity contribution in [2.45, 2.75) is 6.92 Å². The summed E-state index contributed by atoms with van der Waals surface area (Å²) in [5.41, 5.74) is 1.22. The Labute approximate surface area is 125 Å². The van der Waals surface area contributed by atoms with Gasteiger partial charge < -0.3 is 0 Å². The van der Waals surface area contributed by atoms with Crippen LogP contribution in [0.15, 0.2) is 32.5 Å². The molecule has 0 radical (unpaired) electrons. The Morgan fingerprint density at radius 2 is 1.94 bits per heavy atom. The molecule has 0 bridgehead atoms. The minimum atomic E-state index is -0.0456. The first kappa shape index (κ1) is 13.3. The van der Waals surface area contributed by atoms with Crippen LogP contribution in [-0.2, 0) is 0 Å². The van der Waals surface area contributed by atoms with E-state index in [1.54, 1.807) is 23.5 Å². The van der Waals surface area contributed by atoms with E-state index in [9.17, 15) is 4.79 Å².